The Hall–Kier alpha value is 0.470. The van der Waals surface area contributed by atoms with E-state index in [1.54, 1.807) is 0 Å². The lowest BCUT2D eigenvalue weighted by Gasteiger charge is -2.58. The summed E-state index contributed by atoms with van der Waals surface area (Å²) in [7, 11) is 0. The molecule has 0 amide bonds. The Morgan fingerprint density at radius 1 is 1.28 bits per heavy atom. The highest BCUT2D eigenvalue weighted by atomic mass is 79.9. The van der Waals surface area contributed by atoms with Crippen molar-refractivity contribution in [2.24, 2.45) is 10.8 Å². The zero-order valence-electron chi connectivity index (χ0n) is 11.6. The van der Waals surface area contributed by atoms with Crippen molar-refractivity contribution in [1.82, 2.24) is 0 Å². The molecule has 0 unspecified atom stereocenters. The second-order valence-electron chi connectivity index (χ2n) is 7.08. The summed E-state index contributed by atoms with van der Waals surface area (Å²) in [5.74, 6) is 0. The highest BCUT2D eigenvalue weighted by Crippen LogP contribution is 2.62. The van der Waals surface area contributed by atoms with Crippen LogP contribution in [0.15, 0.2) is 12.2 Å². The zero-order valence-corrected chi connectivity index (χ0v) is 13.9. The number of halogens is 2. The lowest BCUT2D eigenvalue weighted by molar-refractivity contribution is -0.0272. The van der Waals surface area contributed by atoms with Crippen molar-refractivity contribution in [1.29, 1.82) is 0 Å². The first-order chi connectivity index (χ1) is 8.11. The van der Waals surface area contributed by atoms with Gasteiger partial charge in [-0.05, 0) is 49.9 Å². The fourth-order valence-corrected chi connectivity index (χ4v) is 4.72. The van der Waals surface area contributed by atoms with Gasteiger partial charge in [0, 0.05) is 9.70 Å². The SMILES string of the molecule is C=C1C[C@H](O)CC(C)(C)[C@@]12CC[C@](C)(Br)[C@@H](Cl)C2. The Kier molecular flexibility index (Phi) is 3.71. The molecule has 2 saturated carbocycles. The van der Waals surface area contributed by atoms with Crippen LogP contribution in [-0.2, 0) is 0 Å². The van der Waals surface area contributed by atoms with Crippen LogP contribution in [0.5, 0.6) is 0 Å². The van der Waals surface area contributed by atoms with Gasteiger partial charge >= 0.3 is 0 Å². The molecule has 1 nitrogen and oxygen atoms in total. The number of aliphatic hydroxyl groups excluding tert-OH is 1. The lowest BCUT2D eigenvalue weighted by atomic mass is 9.49. The molecule has 0 bridgehead atoms. The van der Waals surface area contributed by atoms with Crippen molar-refractivity contribution in [3.05, 3.63) is 12.2 Å². The van der Waals surface area contributed by atoms with Crippen LogP contribution in [0, 0.1) is 10.8 Å². The van der Waals surface area contributed by atoms with E-state index in [4.69, 9.17) is 11.6 Å². The van der Waals surface area contributed by atoms with Crippen LogP contribution < -0.4 is 0 Å². The molecule has 1 spiro atoms. The van der Waals surface area contributed by atoms with E-state index < -0.39 is 0 Å². The first-order valence-corrected chi connectivity index (χ1v) is 8.03. The molecular weight excluding hydrogens is 312 g/mol. The van der Waals surface area contributed by atoms with Gasteiger partial charge in [0.15, 0.2) is 0 Å². The van der Waals surface area contributed by atoms with Gasteiger partial charge in [0.25, 0.3) is 0 Å². The molecule has 3 heteroatoms. The molecule has 4 atom stereocenters. The third-order valence-electron chi connectivity index (χ3n) is 5.42. The summed E-state index contributed by atoms with van der Waals surface area (Å²) in [6, 6.07) is 0. The molecule has 104 valence electrons. The van der Waals surface area contributed by atoms with Crippen LogP contribution >= 0.6 is 27.5 Å². The average molecular weight is 336 g/mol. The second-order valence-corrected chi connectivity index (χ2v) is 9.42. The summed E-state index contributed by atoms with van der Waals surface area (Å²) in [6.07, 6.45) is 4.52. The van der Waals surface area contributed by atoms with Crippen molar-refractivity contribution in [2.45, 2.75) is 68.7 Å². The Balaban J connectivity index is 2.33. The first-order valence-electron chi connectivity index (χ1n) is 6.80. The molecule has 1 N–H and O–H groups in total. The molecule has 2 aliphatic rings. The van der Waals surface area contributed by atoms with Gasteiger partial charge in [-0.25, -0.2) is 0 Å². The minimum absolute atomic E-state index is 0.0340. The first kappa shape index (κ1) is 14.9. The van der Waals surface area contributed by atoms with E-state index in [9.17, 15) is 5.11 Å². The summed E-state index contributed by atoms with van der Waals surface area (Å²) in [5, 5.41) is 10.1. The predicted octanol–water partition coefficient (Wildman–Crippen LogP) is 4.65. The molecular formula is C15H24BrClO. The maximum atomic E-state index is 9.99. The fourth-order valence-electron chi connectivity index (χ4n) is 3.99. The van der Waals surface area contributed by atoms with Crippen molar-refractivity contribution in [3.63, 3.8) is 0 Å². The monoisotopic (exact) mass is 334 g/mol. The van der Waals surface area contributed by atoms with Crippen LogP contribution in [0.1, 0.15) is 52.9 Å². The number of alkyl halides is 2. The normalized spacial score (nSPS) is 48.4. The summed E-state index contributed by atoms with van der Waals surface area (Å²) in [5.41, 5.74) is 1.39. The molecule has 0 saturated heterocycles. The van der Waals surface area contributed by atoms with Crippen LogP contribution in [-0.4, -0.2) is 20.9 Å². The van der Waals surface area contributed by atoms with E-state index in [2.05, 4.69) is 43.3 Å². The summed E-state index contributed by atoms with van der Waals surface area (Å²) >= 11 is 10.4. The Morgan fingerprint density at radius 2 is 1.89 bits per heavy atom. The minimum atomic E-state index is -0.232. The van der Waals surface area contributed by atoms with Gasteiger partial charge in [0.05, 0.1) is 6.10 Å². The predicted molar refractivity (Wildman–Crippen MR) is 81.4 cm³/mol. The zero-order chi connectivity index (χ0) is 13.8. The summed E-state index contributed by atoms with van der Waals surface area (Å²) in [4.78, 5) is 0. The number of rotatable bonds is 0. The van der Waals surface area contributed by atoms with Crippen LogP contribution in [0.2, 0.25) is 0 Å². The van der Waals surface area contributed by atoms with Crippen LogP contribution in [0.4, 0.5) is 0 Å². The smallest absolute Gasteiger partial charge is 0.0582 e. The summed E-state index contributed by atoms with van der Waals surface area (Å²) < 4.78 is 0.0340. The van der Waals surface area contributed by atoms with E-state index in [1.807, 2.05) is 0 Å². The van der Waals surface area contributed by atoms with Crippen molar-refractivity contribution in [2.75, 3.05) is 0 Å². The quantitative estimate of drug-likeness (QED) is 0.504. The molecule has 0 aromatic heterocycles. The maximum Gasteiger partial charge on any atom is 0.0582 e. The molecule has 0 aromatic carbocycles. The van der Waals surface area contributed by atoms with Gasteiger partial charge in [-0.1, -0.05) is 41.9 Å². The van der Waals surface area contributed by atoms with E-state index in [0.717, 1.165) is 32.1 Å². The molecule has 2 fully saturated rings. The van der Waals surface area contributed by atoms with Crippen LogP contribution in [0.3, 0.4) is 0 Å². The van der Waals surface area contributed by atoms with Gasteiger partial charge in [-0.15, -0.1) is 11.6 Å². The van der Waals surface area contributed by atoms with Crippen LogP contribution in [0.25, 0.3) is 0 Å². The largest absolute Gasteiger partial charge is 0.393 e. The van der Waals surface area contributed by atoms with Crippen molar-refractivity contribution >= 4 is 27.5 Å². The van der Waals surface area contributed by atoms with E-state index in [1.165, 1.54) is 5.57 Å². The third kappa shape index (κ3) is 2.19. The Bertz CT molecular complexity index is 364. The highest BCUT2D eigenvalue weighted by Gasteiger charge is 2.56. The Labute approximate surface area is 124 Å². The molecule has 0 heterocycles. The molecule has 18 heavy (non-hydrogen) atoms. The van der Waals surface area contributed by atoms with Gasteiger partial charge in [-0.2, -0.15) is 0 Å². The molecule has 2 aliphatic carbocycles. The fraction of sp³-hybridized carbons (Fsp3) is 0.867. The molecule has 2 rings (SSSR count). The van der Waals surface area contributed by atoms with Crippen molar-refractivity contribution < 1.29 is 5.11 Å². The maximum absolute atomic E-state index is 9.99. The van der Waals surface area contributed by atoms with E-state index in [-0.39, 0.29) is 26.6 Å². The number of hydrogen-bond acceptors (Lipinski definition) is 1. The topological polar surface area (TPSA) is 20.2 Å². The van der Waals surface area contributed by atoms with E-state index >= 15 is 0 Å². The summed E-state index contributed by atoms with van der Waals surface area (Å²) in [6.45, 7) is 11.0. The average Bonchev–Trinajstić information content (AvgIpc) is 2.19. The molecule has 0 radical (unpaired) electrons. The molecule has 0 aliphatic heterocycles. The van der Waals surface area contributed by atoms with Gasteiger partial charge < -0.3 is 5.11 Å². The van der Waals surface area contributed by atoms with Crippen molar-refractivity contribution in [3.8, 4) is 0 Å². The minimum Gasteiger partial charge on any atom is -0.393 e. The molecule has 0 aromatic rings. The third-order valence-corrected chi connectivity index (χ3v) is 7.27. The number of aliphatic hydroxyl groups is 1. The lowest BCUT2D eigenvalue weighted by Crippen LogP contribution is -2.53. The standard InChI is InChI=1S/C15H24BrClO/c1-10-7-11(18)8-13(2,3)15(10)6-5-14(4,16)12(17)9-15/h11-12,18H,1,5-9H2,2-4H3/t11-,12-,14-,15+/m0/s1. The van der Waals surface area contributed by atoms with Gasteiger partial charge in [0.1, 0.15) is 0 Å². The highest BCUT2D eigenvalue weighted by molar-refractivity contribution is 9.10. The Morgan fingerprint density at radius 3 is 2.39 bits per heavy atom. The number of hydrogen-bond donors (Lipinski definition) is 1. The van der Waals surface area contributed by atoms with Gasteiger partial charge in [-0.3, -0.25) is 0 Å². The second kappa shape index (κ2) is 4.49. The van der Waals surface area contributed by atoms with E-state index in [0.29, 0.717) is 0 Å². The van der Waals surface area contributed by atoms with Gasteiger partial charge in [0.2, 0.25) is 0 Å².